The molecule has 3 heteroatoms. The van der Waals surface area contributed by atoms with Crippen molar-refractivity contribution in [3.8, 4) is 0 Å². The quantitative estimate of drug-likeness (QED) is 0.506. The summed E-state index contributed by atoms with van der Waals surface area (Å²) < 4.78 is 5.39. The highest BCUT2D eigenvalue weighted by atomic mass is 16.5. The number of aldehydes is 1. The van der Waals surface area contributed by atoms with Crippen LogP contribution in [0.4, 0.5) is 0 Å². The Bertz CT molecular complexity index is 366. The average Bonchev–Trinajstić information content (AvgIpc) is 2.47. The highest BCUT2D eigenvalue weighted by molar-refractivity contribution is 5.68. The zero-order valence-corrected chi connectivity index (χ0v) is 12.3. The molecule has 0 bridgehead atoms. The number of carbonyl (C=O) groups is 1. The van der Waals surface area contributed by atoms with Gasteiger partial charge in [-0.25, -0.2) is 0 Å². The molecule has 1 atom stereocenters. The second-order valence-electron chi connectivity index (χ2n) is 4.97. The number of likely N-dealkylation sites (N-methyl/N-ethyl adjacent to an activating group) is 1. The van der Waals surface area contributed by atoms with E-state index in [0.717, 1.165) is 38.1 Å². The SMILES string of the molecule is CCOCCN(CC)CC(C)(C=O)c1ccccc1. The summed E-state index contributed by atoms with van der Waals surface area (Å²) in [6.45, 7) is 10.1. The Morgan fingerprint density at radius 3 is 2.47 bits per heavy atom. The minimum Gasteiger partial charge on any atom is -0.380 e. The van der Waals surface area contributed by atoms with Gasteiger partial charge in [-0.3, -0.25) is 0 Å². The molecule has 0 saturated carbocycles. The first-order valence-electron chi connectivity index (χ1n) is 6.98. The number of benzene rings is 1. The summed E-state index contributed by atoms with van der Waals surface area (Å²) >= 11 is 0. The predicted molar refractivity (Wildman–Crippen MR) is 78.5 cm³/mol. The number of hydrogen-bond donors (Lipinski definition) is 0. The van der Waals surface area contributed by atoms with Crippen molar-refractivity contribution in [1.82, 2.24) is 4.90 Å². The third kappa shape index (κ3) is 4.77. The fourth-order valence-corrected chi connectivity index (χ4v) is 2.17. The van der Waals surface area contributed by atoms with Gasteiger partial charge in [-0.05, 0) is 26.0 Å². The van der Waals surface area contributed by atoms with Crippen LogP contribution < -0.4 is 0 Å². The van der Waals surface area contributed by atoms with E-state index in [1.54, 1.807) is 0 Å². The maximum absolute atomic E-state index is 11.6. The summed E-state index contributed by atoms with van der Waals surface area (Å²) in [7, 11) is 0. The number of nitrogens with zero attached hydrogens (tertiary/aromatic N) is 1. The van der Waals surface area contributed by atoms with Crippen molar-refractivity contribution in [2.75, 3.05) is 32.8 Å². The lowest BCUT2D eigenvalue weighted by atomic mass is 9.83. The van der Waals surface area contributed by atoms with E-state index in [2.05, 4.69) is 11.8 Å². The molecule has 0 heterocycles. The fourth-order valence-electron chi connectivity index (χ4n) is 2.17. The van der Waals surface area contributed by atoms with Crippen LogP contribution in [0, 0.1) is 0 Å². The molecule has 0 aliphatic rings. The summed E-state index contributed by atoms with van der Waals surface area (Å²) in [5, 5.41) is 0. The molecule has 0 aliphatic carbocycles. The van der Waals surface area contributed by atoms with Crippen molar-refractivity contribution in [2.24, 2.45) is 0 Å². The summed E-state index contributed by atoms with van der Waals surface area (Å²) in [4.78, 5) is 13.8. The van der Waals surface area contributed by atoms with Crippen LogP contribution >= 0.6 is 0 Å². The van der Waals surface area contributed by atoms with Gasteiger partial charge in [-0.15, -0.1) is 0 Å². The molecule has 1 aromatic rings. The van der Waals surface area contributed by atoms with Crippen molar-refractivity contribution in [1.29, 1.82) is 0 Å². The lowest BCUT2D eigenvalue weighted by molar-refractivity contribution is -0.112. The second-order valence-corrected chi connectivity index (χ2v) is 4.97. The van der Waals surface area contributed by atoms with Crippen LogP contribution in [0.15, 0.2) is 30.3 Å². The van der Waals surface area contributed by atoms with Crippen LogP contribution in [-0.2, 0) is 14.9 Å². The van der Waals surface area contributed by atoms with Gasteiger partial charge in [0.15, 0.2) is 0 Å². The maximum Gasteiger partial charge on any atom is 0.131 e. The van der Waals surface area contributed by atoms with Crippen molar-refractivity contribution in [2.45, 2.75) is 26.2 Å². The van der Waals surface area contributed by atoms with E-state index >= 15 is 0 Å². The van der Waals surface area contributed by atoms with Crippen LogP contribution in [0.3, 0.4) is 0 Å². The summed E-state index contributed by atoms with van der Waals surface area (Å²) in [5.41, 5.74) is 0.614. The van der Waals surface area contributed by atoms with E-state index in [9.17, 15) is 4.79 Å². The molecule has 106 valence electrons. The van der Waals surface area contributed by atoms with Crippen LogP contribution in [0.2, 0.25) is 0 Å². The van der Waals surface area contributed by atoms with Crippen molar-refractivity contribution < 1.29 is 9.53 Å². The zero-order chi connectivity index (χ0) is 14.1. The van der Waals surface area contributed by atoms with E-state index in [1.165, 1.54) is 0 Å². The van der Waals surface area contributed by atoms with Crippen LogP contribution in [0.1, 0.15) is 26.3 Å². The molecule has 1 unspecified atom stereocenters. The van der Waals surface area contributed by atoms with Crippen molar-refractivity contribution in [3.63, 3.8) is 0 Å². The molecule has 0 spiro atoms. The smallest absolute Gasteiger partial charge is 0.131 e. The van der Waals surface area contributed by atoms with Gasteiger partial charge >= 0.3 is 0 Å². The van der Waals surface area contributed by atoms with Gasteiger partial charge in [-0.1, -0.05) is 37.3 Å². The Labute approximate surface area is 116 Å². The van der Waals surface area contributed by atoms with E-state index in [-0.39, 0.29) is 0 Å². The first kappa shape index (κ1) is 15.9. The van der Waals surface area contributed by atoms with Gasteiger partial charge in [0.25, 0.3) is 0 Å². The molecule has 0 saturated heterocycles. The van der Waals surface area contributed by atoms with E-state index in [0.29, 0.717) is 6.61 Å². The Morgan fingerprint density at radius 1 is 1.26 bits per heavy atom. The number of ether oxygens (including phenoxy) is 1. The monoisotopic (exact) mass is 263 g/mol. The normalized spacial score (nSPS) is 14.3. The van der Waals surface area contributed by atoms with Crippen molar-refractivity contribution >= 4 is 6.29 Å². The molecule has 0 N–H and O–H groups in total. The topological polar surface area (TPSA) is 29.5 Å². The van der Waals surface area contributed by atoms with Gasteiger partial charge in [0.2, 0.25) is 0 Å². The lowest BCUT2D eigenvalue weighted by Crippen LogP contribution is -2.41. The van der Waals surface area contributed by atoms with E-state index in [4.69, 9.17) is 4.74 Å². The average molecular weight is 263 g/mol. The van der Waals surface area contributed by atoms with Crippen molar-refractivity contribution in [3.05, 3.63) is 35.9 Å². The van der Waals surface area contributed by atoms with E-state index < -0.39 is 5.41 Å². The lowest BCUT2D eigenvalue weighted by Gasteiger charge is -2.31. The molecular formula is C16H25NO2. The summed E-state index contributed by atoms with van der Waals surface area (Å²) in [5.74, 6) is 0. The Balaban J connectivity index is 2.70. The van der Waals surface area contributed by atoms with Gasteiger partial charge in [-0.2, -0.15) is 0 Å². The molecule has 3 nitrogen and oxygen atoms in total. The van der Waals surface area contributed by atoms with Gasteiger partial charge in [0.1, 0.15) is 6.29 Å². The fraction of sp³-hybridized carbons (Fsp3) is 0.562. The molecule has 1 rings (SSSR count). The summed E-state index contributed by atoms with van der Waals surface area (Å²) in [6, 6.07) is 9.97. The highest BCUT2D eigenvalue weighted by Gasteiger charge is 2.28. The minimum atomic E-state index is -0.455. The molecule has 0 amide bonds. The largest absolute Gasteiger partial charge is 0.380 e. The van der Waals surface area contributed by atoms with Crippen LogP contribution in [-0.4, -0.2) is 44.0 Å². The predicted octanol–water partition coefficient (Wildman–Crippen LogP) is 2.50. The van der Waals surface area contributed by atoms with Gasteiger partial charge in [0, 0.05) is 19.7 Å². The zero-order valence-electron chi connectivity index (χ0n) is 12.3. The molecule has 0 aromatic heterocycles. The second kappa shape index (κ2) is 8.08. The van der Waals surface area contributed by atoms with Crippen LogP contribution in [0.25, 0.3) is 0 Å². The molecule has 0 fully saturated rings. The number of carbonyl (C=O) groups excluding carboxylic acids is 1. The third-order valence-corrected chi connectivity index (χ3v) is 3.45. The Kier molecular flexibility index (Phi) is 6.74. The van der Waals surface area contributed by atoms with Gasteiger partial charge in [0.05, 0.1) is 12.0 Å². The molecule has 19 heavy (non-hydrogen) atoms. The number of rotatable bonds is 9. The first-order valence-corrected chi connectivity index (χ1v) is 6.98. The standard InChI is InChI=1S/C16H25NO2/c1-4-17(11-12-19-5-2)13-16(3,14-18)15-9-7-6-8-10-15/h6-10,14H,4-5,11-13H2,1-3H3. The first-order chi connectivity index (χ1) is 9.16. The molecule has 0 radical (unpaired) electrons. The van der Waals surface area contributed by atoms with Crippen LogP contribution in [0.5, 0.6) is 0 Å². The Hall–Kier alpha value is -1.19. The maximum atomic E-state index is 11.6. The highest BCUT2D eigenvalue weighted by Crippen LogP contribution is 2.22. The van der Waals surface area contributed by atoms with Gasteiger partial charge < -0.3 is 14.4 Å². The van der Waals surface area contributed by atoms with E-state index in [1.807, 2.05) is 44.2 Å². The number of hydrogen-bond acceptors (Lipinski definition) is 3. The Morgan fingerprint density at radius 2 is 1.95 bits per heavy atom. The molecule has 1 aromatic carbocycles. The minimum absolute atomic E-state index is 0.455. The molecular weight excluding hydrogens is 238 g/mol. The third-order valence-electron chi connectivity index (χ3n) is 3.45. The summed E-state index contributed by atoms with van der Waals surface area (Å²) in [6.07, 6.45) is 1.06. The molecule has 0 aliphatic heterocycles.